The molecule has 1 aliphatic rings. The second-order valence-electron chi connectivity index (χ2n) is 6.21. The molecule has 0 saturated carbocycles. The van der Waals surface area contributed by atoms with Crippen molar-refractivity contribution in [3.63, 3.8) is 0 Å². The Hall–Kier alpha value is -1.46. The molecule has 23 heavy (non-hydrogen) atoms. The second-order valence-corrected chi connectivity index (χ2v) is 6.21. The highest BCUT2D eigenvalue weighted by Gasteiger charge is 2.27. The van der Waals surface area contributed by atoms with Gasteiger partial charge in [0, 0.05) is 12.6 Å². The molecule has 1 N–H and O–H groups in total. The van der Waals surface area contributed by atoms with Gasteiger partial charge < -0.3 is 10.0 Å². The number of amides is 1. The molecule has 2 unspecified atom stereocenters. The Balaban J connectivity index is 2.03. The van der Waals surface area contributed by atoms with Crippen LogP contribution in [-0.4, -0.2) is 53.1 Å². The monoisotopic (exact) mass is 322 g/mol. The molecular formula is C18H27FN2O2. The minimum Gasteiger partial charge on any atom is -0.395 e. The summed E-state index contributed by atoms with van der Waals surface area (Å²) in [6, 6.07) is 6.31. The third kappa shape index (κ3) is 4.52. The van der Waals surface area contributed by atoms with E-state index in [1.807, 2.05) is 18.7 Å². The van der Waals surface area contributed by atoms with Gasteiger partial charge in [-0.3, -0.25) is 9.69 Å². The third-order valence-corrected chi connectivity index (χ3v) is 4.78. The van der Waals surface area contributed by atoms with Gasteiger partial charge in [-0.1, -0.05) is 18.6 Å². The number of rotatable bonds is 6. The summed E-state index contributed by atoms with van der Waals surface area (Å²) in [6.45, 7) is 5.83. The molecule has 0 bridgehead atoms. The highest BCUT2D eigenvalue weighted by atomic mass is 19.1. The molecule has 1 amide bonds. The SMILES string of the molecule is CCN(C(=O)CN1CCCCC1CO)C(C)c1ccc(F)cc1. The zero-order valence-corrected chi connectivity index (χ0v) is 14.0. The number of nitrogens with zero attached hydrogens (tertiary/aromatic N) is 2. The Morgan fingerprint density at radius 3 is 2.70 bits per heavy atom. The first-order valence-corrected chi connectivity index (χ1v) is 8.46. The summed E-state index contributed by atoms with van der Waals surface area (Å²) in [4.78, 5) is 16.6. The van der Waals surface area contributed by atoms with Crippen molar-refractivity contribution >= 4 is 5.91 Å². The van der Waals surface area contributed by atoms with Crippen LogP contribution in [-0.2, 0) is 4.79 Å². The number of likely N-dealkylation sites (tertiary alicyclic amines) is 1. The minimum absolute atomic E-state index is 0.0599. The number of aliphatic hydroxyl groups excluding tert-OH is 1. The average molecular weight is 322 g/mol. The molecule has 1 saturated heterocycles. The lowest BCUT2D eigenvalue weighted by atomic mass is 10.0. The van der Waals surface area contributed by atoms with Crippen LogP contribution in [0.4, 0.5) is 4.39 Å². The van der Waals surface area contributed by atoms with Gasteiger partial charge in [0.1, 0.15) is 5.82 Å². The molecule has 1 aliphatic heterocycles. The van der Waals surface area contributed by atoms with Gasteiger partial charge in [0.25, 0.3) is 0 Å². The first-order valence-electron chi connectivity index (χ1n) is 8.46. The summed E-state index contributed by atoms with van der Waals surface area (Å²) in [6.07, 6.45) is 3.13. The van der Waals surface area contributed by atoms with E-state index in [1.54, 1.807) is 12.1 Å². The Labute approximate surface area is 137 Å². The van der Waals surface area contributed by atoms with E-state index in [0.717, 1.165) is 31.4 Å². The number of hydrogen-bond acceptors (Lipinski definition) is 3. The minimum atomic E-state index is -0.269. The van der Waals surface area contributed by atoms with E-state index in [2.05, 4.69) is 4.90 Å². The number of piperidine rings is 1. The standard InChI is InChI=1S/C18H27FN2O2/c1-3-21(14(2)15-7-9-16(19)10-8-15)18(23)12-20-11-5-4-6-17(20)13-22/h7-10,14,17,22H,3-6,11-13H2,1-2H3. The fourth-order valence-corrected chi connectivity index (χ4v) is 3.33. The number of likely N-dealkylation sites (N-methyl/N-ethyl adjacent to an activating group) is 1. The molecule has 2 atom stereocenters. The Morgan fingerprint density at radius 2 is 2.09 bits per heavy atom. The summed E-state index contributed by atoms with van der Waals surface area (Å²) in [5.74, 6) is -0.209. The van der Waals surface area contributed by atoms with Crippen LogP contribution in [0.5, 0.6) is 0 Å². The molecule has 128 valence electrons. The fourth-order valence-electron chi connectivity index (χ4n) is 3.33. The van der Waals surface area contributed by atoms with Gasteiger partial charge in [0.05, 0.1) is 19.2 Å². The average Bonchev–Trinajstić information content (AvgIpc) is 2.56. The van der Waals surface area contributed by atoms with E-state index >= 15 is 0 Å². The molecule has 4 nitrogen and oxygen atoms in total. The lowest BCUT2D eigenvalue weighted by Gasteiger charge is -2.36. The number of hydrogen-bond donors (Lipinski definition) is 1. The zero-order valence-electron chi connectivity index (χ0n) is 14.0. The molecule has 0 aliphatic carbocycles. The number of halogens is 1. The molecule has 1 aromatic carbocycles. The van der Waals surface area contributed by atoms with E-state index in [0.29, 0.717) is 13.1 Å². The second kappa shape index (κ2) is 8.41. The van der Waals surface area contributed by atoms with E-state index in [-0.39, 0.29) is 30.4 Å². The maximum Gasteiger partial charge on any atom is 0.237 e. The van der Waals surface area contributed by atoms with Crippen molar-refractivity contribution in [2.24, 2.45) is 0 Å². The van der Waals surface area contributed by atoms with Crippen LogP contribution in [0.15, 0.2) is 24.3 Å². The van der Waals surface area contributed by atoms with Crippen LogP contribution in [0.25, 0.3) is 0 Å². The van der Waals surface area contributed by atoms with Gasteiger partial charge in [0.15, 0.2) is 0 Å². The highest BCUT2D eigenvalue weighted by molar-refractivity contribution is 5.78. The van der Waals surface area contributed by atoms with Crippen LogP contribution < -0.4 is 0 Å². The van der Waals surface area contributed by atoms with E-state index in [1.165, 1.54) is 12.1 Å². The van der Waals surface area contributed by atoms with Crippen molar-refractivity contribution in [2.45, 2.75) is 45.2 Å². The fraction of sp³-hybridized carbons (Fsp3) is 0.611. The molecule has 2 rings (SSSR count). The number of carbonyl (C=O) groups is 1. The molecular weight excluding hydrogens is 295 g/mol. The Bertz CT molecular complexity index is 506. The predicted molar refractivity (Wildman–Crippen MR) is 88.5 cm³/mol. The normalized spacial score (nSPS) is 20.3. The molecule has 5 heteroatoms. The number of benzene rings is 1. The summed E-state index contributed by atoms with van der Waals surface area (Å²) in [5, 5.41) is 9.48. The first kappa shape index (κ1) is 17.9. The van der Waals surface area contributed by atoms with Gasteiger partial charge in [-0.15, -0.1) is 0 Å². The lowest BCUT2D eigenvalue weighted by molar-refractivity contribution is -0.135. The van der Waals surface area contributed by atoms with Gasteiger partial charge in [0.2, 0.25) is 5.91 Å². The maximum absolute atomic E-state index is 13.1. The molecule has 1 fully saturated rings. The van der Waals surface area contributed by atoms with Crippen molar-refractivity contribution in [3.05, 3.63) is 35.6 Å². The van der Waals surface area contributed by atoms with E-state index in [9.17, 15) is 14.3 Å². The van der Waals surface area contributed by atoms with E-state index in [4.69, 9.17) is 0 Å². The zero-order chi connectivity index (χ0) is 16.8. The highest BCUT2D eigenvalue weighted by Crippen LogP contribution is 2.22. The molecule has 1 aromatic rings. The van der Waals surface area contributed by atoms with Crippen LogP contribution in [0.3, 0.4) is 0 Å². The van der Waals surface area contributed by atoms with Gasteiger partial charge >= 0.3 is 0 Å². The smallest absolute Gasteiger partial charge is 0.237 e. The first-order chi connectivity index (χ1) is 11.1. The van der Waals surface area contributed by atoms with Crippen LogP contribution in [0, 0.1) is 5.82 Å². The number of aliphatic hydroxyl groups is 1. The molecule has 1 heterocycles. The molecule has 0 aromatic heterocycles. The summed E-state index contributed by atoms with van der Waals surface area (Å²) in [5.41, 5.74) is 0.930. The summed E-state index contributed by atoms with van der Waals surface area (Å²) >= 11 is 0. The van der Waals surface area contributed by atoms with Gasteiger partial charge in [-0.25, -0.2) is 4.39 Å². The molecule has 0 spiro atoms. The summed E-state index contributed by atoms with van der Waals surface area (Å²) in [7, 11) is 0. The van der Waals surface area contributed by atoms with Crippen molar-refractivity contribution in [1.29, 1.82) is 0 Å². The van der Waals surface area contributed by atoms with Crippen molar-refractivity contribution in [2.75, 3.05) is 26.2 Å². The Kier molecular flexibility index (Phi) is 6.54. The lowest BCUT2D eigenvalue weighted by Crippen LogP contribution is -2.48. The summed E-state index contributed by atoms with van der Waals surface area (Å²) < 4.78 is 13.1. The van der Waals surface area contributed by atoms with Crippen molar-refractivity contribution in [1.82, 2.24) is 9.80 Å². The number of carbonyl (C=O) groups excluding carboxylic acids is 1. The van der Waals surface area contributed by atoms with Gasteiger partial charge in [-0.05, 0) is 50.9 Å². The third-order valence-electron chi connectivity index (χ3n) is 4.78. The molecule has 0 radical (unpaired) electrons. The van der Waals surface area contributed by atoms with Gasteiger partial charge in [-0.2, -0.15) is 0 Å². The van der Waals surface area contributed by atoms with Crippen LogP contribution in [0.1, 0.15) is 44.7 Å². The Morgan fingerprint density at radius 1 is 1.39 bits per heavy atom. The topological polar surface area (TPSA) is 43.8 Å². The maximum atomic E-state index is 13.1. The van der Waals surface area contributed by atoms with Crippen LogP contribution >= 0.6 is 0 Å². The quantitative estimate of drug-likeness (QED) is 0.875. The van der Waals surface area contributed by atoms with Crippen LogP contribution in [0.2, 0.25) is 0 Å². The largest absolute Gasteiger partial charge is 0.395 e. The predicted octanol–water partition coefficient (Wildman–Crippen LogP) is 2.58. The van der Waals surface area contributed by atoms with Crippen molar-refractivity contribution < 1.29 is 14.3 Å². The van der Waals surface area contributed by atoms with Crippen molar-refractivity contribution in [3.8, 4) is 0 Å². The van der Waals surface area contributed by atoms with E-state index < -0.39 is 0 Å².